The summed E-state index contributed by atoms with van der Waals surface area (Å²) in [6.45, 7) is 7.11. The van der Waals surface area contributed by atoms with Crippen LogP contribution in [0.5, 0.6) is 0 Å². The van der Waals surface area contributed by atoms with Gasteiger partial charge in [0.25, 0.3) is 5.91 Å². The first-order chi connectivity index (χ1) is 9.19. The minimum Gasteiger partial charge on any atom is -0.383 e. The second-order valence-electron chi connectivity index (χ2n) is 5.15. The highest BCUT2D eigenvalue weighted by atomic mass is 16.2. The molecule has 4 heteroatoms. The Kier molecular flexibility index (Phi) is 4.40. The number of pyridine rings is 1. The highest BCUT2D eigenvalue weighted by Crippen LogP contribution is 2.29. The molecule has 2 atom stereocenters. The number of nitrogens with one attached hydrogen (secondary N) is 1. The van der Waals surface area contributed by atoms with E-state index < -0.39 is 0 Å². The summed E-state index contributed by atoms with van der Waals surface area (Å²) in [5.74, 6) is 0.134. The Bertz CT molecular complexity index is 447. The van der Waals surface area contributed by atoms with E-state index in [0.717, 1.165) is 37.1 Å². The number of carbonyl (C=O) groups excluding carboxylic acids is 1. The van der Waals surface area contributed by atoms with Gasteiger partial charge in [-0.25, -0.2) is 0 Å². The lowest BCUT2D eigenvalue weighted by molar-refractivity contribution is 0.0677. The Labute approximate surface area is 115 Å². The zero-order valence-corrected chi connectivity index (χ0v) is 12.0. The van der Waals surface area contributed by atoms with Crippen molar-refractivity contribution in [3.05, 3.63) is 24.0 Å². The number of amides is 1. The molecule has 1 aromatic heterocycles. The SMILES string of the molecule is CCNc1cnccc1C(=O)N1C(C)CCC1CC. The number of aromatic nitrogens is 1. The molecule has 1 aromatic rings. The lowest BCUT2D eigenvalue weighted by Gasteiger charge is -2.28. The minimum absolute atomic E-state index is 0.134. The zero-order valence-electron chi connectivity index (χ0n) is 12.0. The summed E-state index contributed by atoms with van der Waals surface area (Å²) in [6.07, 6.45) is 6.67. The first-order valence-electron chi connectivity index (χ1n) is 7.19. The average molecular weight is 261 g/mol. The monoisotopic (exact) mass is 261 g/mol. The summed E-state index contributed by atoms with van der Waals surface area (Å²) < 4.78 is 0. The number of likely N-dealkylation sites (tertiary alicyclic amines) is 1. The van der Waals surface area contributed by atoms with Gasteiger partial charge in [-0.2, -0.15) is 0 Å². The van der Waals surface area contributed by atoms with Crippen LogP contribution >= 0.6 is 0 Å². The van der Waals surface area contributed by atoms with Crippen LogP contribution < -0.4 is 5.32 Å². The van der Waals surface area contributed by atoms with Crippen LogP contribution in [0.3, 0.4) is 0 Å². The molecule has 0 radical (unpaired) electrons. The normalized spacial score (nSPS) is 22.6. The highest BCUT2D eigenvalue weighted by molar-refractivity contribution is 5.99. The fourth-order valence-electron chi connectivity index (χ4n) is 2.89. The molecule has 0 aliphatic carbocycles. The molecule has 0 aromatic carbocycles. The number of hydrogen-bond donors (Lipinski definition) is 1. The van der Waals surface area contributed by atoms with E-state index in [2.05, 4.69) is 29.0 Å². The molecule has 1 N–H and O–H groups in total. The van der Waals surface area contributed by atoms with Crippen LogP contribution in [0.25, 0.3) is 0 Å². The van der Waals surface area contributed by atoms with E-state index >= 15 is 0 Å². The molecule has 1 amide bonds. The van der Waals surface area contributed by atoms with Gasteiger partial charge in [-0.1, -0.05) is 6.92 Å². The van der Waals surface area contributed by atoms with Crippen molar-refractivity contribution in [1.82, 2.24) is 9.88 Å². The predicted octanol–water partition coefficient (Wildman–Crippen LogP) is 2.92. The lowest BCUT2D eigenvalue weighted by Crippen LogP contribution is -2.40. The summed E-state index contributed by atoms with van der Waals surface area (Å²) in [5, 5.41) is 3.22. The molecule has 104 valence electrons. The summed E-state index contributed by atoms with van der Waals surface area (Å²) in [7, 11) is 0. The molecule has 2 rings (SSSR count). The molecule has 0 bridgehead atoms. The average Bonchev–Trinajstić information content (AvgIpc) is 2.80. The number of anilines is 1. The van der Waals surface area contributed by atoms with Gasteiger partial charge in [0.1, 0.15) is 0 Å². The summed E-state index contributed by atoms with van der Waals surface area (Å²) in [6, 6.07) is 2.53. The third-order valence-electron chi connectivity index (χ3n) is 3.91. The standard InChI is InChI=1S/C15H23N3O/c1-4-12-7-6-11(3)18(12)15(19)13-8-9-16-10-14(13)17-5-2/h8-12,17H,4-7H2,1-3H3. The quantitative estimate of drug-likeness (QED) is 0.906. The molecule has 1 aliphatic heterocycles. The van der Waals surface area contributed by atoms with Crippen LogP contribution in [0.1, 0.15) is 50.4 Å². The van der Waals surface area contributed by atoms with Crippen LogP contribution in [0.4, 0.5) is 5.69 Å². The number of rotatable bonds is 4. The Morgan fingerprint density at radius 3 is 2.95 bits per heavy atom. The molecule has 4 nitrogen and oxygen atoms in total. The van der Waals surface area contributed by atoms with Crippen LogP contribution in [0.2, 0.25) is 0 Å². The maximum Gasteiger partial charge on any atom is 0.256 e. The van der Waals surface area contributed by atoms with Gasteiger partial charge in [0, 0.05) is 24.8 Å². The van der Waals surface area contributed by atoms with Crippen molar-refractivity contribution < 1.29 is 4.79 Å². The van der Waals surface area contributed by atoms with Crippen LogP contribution in [0, 0.1) is 0 Å². The lowest BCUT2D eigenvalue weighted by atomic mass is 10.1. The van der Waals surface area contributed by atoms with E-state index in [9.17, 15) is 4.79 Å². The van der Waals surface area contributed by atoms with Crippen molar-refractivity contribution in [3.63, 3.8) is 0 Å². The van der Waals surface area contributed by atoms with Gasteiger partial charge in [-0.05, 0) is 39.2 Å². The molecule has 19 heavy (non-hydrogen) atoms. The Morgan fingerprint density at radius 1 is 1.47 bits per heavy atom. The van der Waals surface area contributed by atoms with Gasteiger partial charge < -0.3 is 10.2 Å². The third-order valence-corrected chi connectivity index (χ3v) is 3.91. The van der Waals surface area contributed by atoms with E-state index in [1.165, 1.54) is 0 Å². The van der Waals surface area contributed by atoms with E-state index in [1.54, 1.807) is 12.4 Å². The third kappa shape index (κ3) is 2.72. The molecule has 1 fully saturated rings. The Morgan fingerprint density at radius 2 is 2.26 bits per heavy atom. The molecule has 0 saturated carbocycles. The first kappa shape index (κ1) is 13.8. The van der Waals surface area contributed by atoms with Crippen molar-refractivity contribution in [2.45, 2.75) is 52.1 Å². The number of carbonyl (C=O) groups is 1. The maximum atomic E-state index is 12.8. The molecular formula is C15H23N3O. The Hall–Kier alpha value is -1.58. The van der Waals surface area contributed by atoms with Gasteiger partial charge in [0.2, 0.25) is 0 Å². The summed E-state index contributed by atoms with van der Waals surface area (Å²) in [5.41, 5.74) is 1.58. The smallest absolute Gasteiger partial charge is 0.256 e. The molecule has 1 aliphatic rings. The largest absolute Gasteiger partial charge is 0.383 e. The van der Waals surface area contributed by atoms with Gasteiger partial charge in [-0.15, -0.1) is 0 Å². The van der Waals surface area contributed by atoms with Crippen molar-refractivity contribution >= 4 is 11.6 Å². The van der Waals surface area contributed by atoms with E-state index in [1.807, 2.05) is 13.0 Å². The van der Waals surface area contributed by atoms with E-state index in [0.29, 0.717) is 12.1 Å². The van der Waals surface area contributed by atoms with Crippen molar-refractivity contribution in [2.24, 2.45) is 0 Å². The molecule has 1 saturated heterocycles. The molecule has 0 spiro atoms. The van der Waals surface area contributed by atoms with Gasteiger partial charge in [0.15, 0.2) is 0 Å². The minimum atomic E-state index is 0.134. The first-order valence-corrected chi connectivity index (χ1v) is 7.19. The second kappa shape index (κ2) is 6.04. The van der Waals surface area contributed by atoms with Crippen LogP contribution in [-0.4, -0.2) is 34.4 Å². The fourth-order valence-corrected chi connectivity index (χ4v) is 2.89. The van der Waals surface area contributed by atoms with Gasteiger partial charge in [-0.3, -0.25) is 9.78 Å². The molecular weight excluding hydrogens is 238 g/mol. The molecule has 2 heterocycles. The van der Waals surface area contributed by atoms with Gasteiger partial charge in [0.05, 0.1) is 17.4 Å². The van der Waals surface area contributed by atoms with Crippen molar-refractivity contribution in [3.8, 4) is 0 Å². The maximum absolute atomic E-state index is 12.8. The second-order valence-corrected chi connectivity index (χ2v) is 5.15. The highest BCUT2D eigenvalue weighted by Gasteiger charge is 2.34. The van der Waals surface area contributed by atoms with E-state index in [-0.39, 0.29) is 5.91 Å². The Balaban J connectivity index is 2.28. The zero-order chi connectivity index (χ0) is 13.8. The van der Waals surface area contributed by atoms with Gasteiger partial charge >= 0.3 is 0 Å². The van der Waals surface area contributed by atoms with Crippen molar-refractivity contribution in [2.75, 3.05) is 11.9 Å². The van der Waals surface area contributed by atoms with E-state index in [4.69, 9.17) is 0 Å². The topological polar surface area (TPSA) is 45.2 Å². The van der Waals surface area contributed by atoms with Crippen LogP contribution in [-0.2, 0) is 0 Å². The predicted molar refractivity (Wildman–Crippen MR) is 77.3 cm³/mol. The number of nitrogens with zero attached hydrogens (tertiary/aromatic N) is 2. The summed E-state index contributed by atoms with van der Waals surface area (Å²) >= 11 is 0. The fraction of sp³-hybridized carbons (Fsp3) is 0.600. The number of hydrogen-bond acceptors (Lipinski definition) is 3. The molecule has 2 unspecified atom stereocenters. The van der Waals surface area contributed by atoms with Crippen LogP contribution in [0.15, 0.2) is 18.5 Å². The van der Waals surface area contributed by atoms with Crippen molar-refractivity contribution in [1.29, 1.82) is 0 Å². The summed E-state index contributed by atoms with van der Waals surface area (Å²) in [4.78, 5) is 18.9.